The number of rotatable bonds is 7. The van der Waals surface area contributed by atoms with Gasteiger partial charge in [0, 0.05) is 18.1 Å². The van der Waals surface area contributed by atoms with Gasteiger partial charge in [-0.2, -0.15) is 0 Å². The second-order valence-corrected chi connectivity index (χ2v) is 6.35. The molecule has 0 bridgehead atoms. The minimum atomic E-state index is -0.130. The van der Waals surface area contributed by atoms with Gasteiger partial charge < -0.3 is 10.4 Å². The summed E-state index contributed by atoms with van der Waals surface area (Å²) in [7, 11) is 1.95. The minimum absolute atomic E-state index is 0.0411. The molecule has 0 aliphatic heterocycles. The fourth-order valence-corrected chi connectivity index (χ4v) is 2.91. The number of aliphatic hydroxyl groups excluding tert-OH is 1. The van der Waals surface area contributed by atoms with E-state index in [1.165, 1.54) is 0 Å². The van der Waals surface area contributed by atoms with Gasteiger partial charge in [0.1, 0.15) is 0 Å². The number of amides is 1. The van der Waals surface area contributed by atoms with Crippen LogP contribution in [-0.4, -0.2) is 48.7 Å². The highest BCUT2D eigenvalue weighted by molar-refractivity contribution is 6.30. The molecule has 21 heavy (non-hydrogen) atoms. The van der Waals surface area contributed by atoms with Gasteiger partial charge in [0.15, 0.2) is 0 Å². The van der Waals surface area contributed by atoms with Gasteiger partial charge in [-0.25, -0.2) is 0 Å². The first-order valence-electron chi connectivity index (χ1n) is 7.40. The van der Waals surface area contributed by atoms with E-state index >= 15 is 0 Å². The summed E-state index contributed by atoms with van der Waals surface area (Å²) < 4.78 is 0. The topological polar surface area (TPSA) is 52.6 Å². The Hall–Kier alpha value is -1.10. The molecule has 1 fully saturated rings. The maximum absolute atomic E-state index is 11.8. The molecule has 5 heteroatoms. The summed E-state index contributed by atoms with van der Waals surface area (Å²) in [6.07, 6.45) is 2.38. The fraction of sp³-hybridized carbons (Fsp3) is 0.562. The number of carbonyl (C=O) groups is 1. The zero-order chi connectivity index (χ0) is 15.2. The van der Waals surface area contributed by atoms with Gasteiger partial charge in [-0.3, -0.25) is 9.69 Å². The van der Waals surface area contributed by atoms with Gasteiger partial charge in [0.05, 0.1) is 12.6 Å². The summed E-state index contributed by atoms with van der Waals surface area (Å²) in [6, 6.07) is 7.68. The fourth-order valence-electron chi connectivity index (χ4n) is 2.69. The molecule has 4 nitrogen and oxygen atoms in total. The Morgan fingerprint density at radius 2 is 2.24 bits per heavy atom. The van der Waals surface area contributed by atoms with Crippen LogP contribution < -0.4 is 5.32 Å². The molecule has 0 aromatic heterocycles. The third-order valence-electron chi connectivity index (χ3n) is 3.82. The molecule has 0 spiro atoms. The largest absolute Gasteiger partial charge is 0.393 e. The summed E-state index contributed by atoms with van der Waals surface area (Å²) in [4.78, 5) is 13.9. The van der Waals surface area contributed by atoms with Crippen LogP contribution in [0.2, 0.25) is 5.02 Å². The number of benzene rings is 1. The van der Waals surface area contributed by atoms with Crippen molar-refractivity contribution in [1.82, 2.24) is 10.2 Å². The van der Waals surface area contributed by atoms with Crippen molar-refractivity contribution in [3.05, 3.63) is 34.9 Å². The van der Waals surface area contributed by atoms with Crippen LogP contribution in [0.5, 0.6) is 0 Å². The number of hydrogen-bond donors (Lipinski definition) is 2. The summed E-state index contributed by atoms with van der Waals surface area (Å²) in [5, 5.41) is 12.9. The third kappa shape index (κ3) is 5.65. The van der Waals surface area contributed by atoms with E-state index in [-0.39, 0.29) is 12.0 Å². The standard InChI is InChI=1S/C16H23ClN2O2/c1-19(10-13-8-15(20)9-13)11-16(21)18-6-5-12-3-2-4-14(17)7-12/h2-4,7,13,15,20H,5-6,8-11H2,1H3,(H,18,21). The van der Waals surface area contributed by atoms with Crippen molar-refractivity contribution in [3.8, 4) is 0 Å². The molecule has 2 N–H and O–H groups in total. The monoisotopic (exact) mass is 310 g/mol. The predicted octanol–water partition coefficient (Wildman–Crippen LogP) is 1.70. The normalized spacial score (nSPS) is 21.1. The first-order chi connectivity index (χ1) is 10.0. The van der Waals surface area contributed by atoms with Gasteiger partial charge in [-0.1, -0.05) is 23.7 Å². The van der Waals surface area contributed by atoms with Gasteiger partial charge in [0.25, 0.3) is 0 Å². The zero-order valence-electron chi connectivity index (χ0n) is 12.4. The highest BCUT2D eigenvalue weighted by Gasteiger charge is 2.28. The molecule has 0 unspecified atom stereocenters. The van der Waals surface area contributed by atoms with Gasteiger partial charge >= 0.3 is 0 Å². The van der Waals surface area contributed by atoms with Crippen molar-refractivity contribution in [1.29, 1.82) is 0 Å². The van der Waals surface area contributed by atoms with Crippen LogP contribution in [0.3, 0.4) is 0 Å². The summed E-state index contributed by atoms with van der Waals surface area (Å²) in [6.45, 7) is 1.90. The van der Waals surface area contributed by atoms with Crippen LogP contribution in [0.4, 0.5) is 0 Å². The molecule has 0 saturated heterocycles. The third-order valence-corrected chi connectivity index (χ3v) is 4.05. The molecular weight excluding hydrogens is 288 g/mol. The Morgan fingerprint density at radius 3 is 2.90 bits per heavy atom. The molecule has 0 radical (unpaired) electrons. The van der Waals surface area contributed by atoms with E-state index in [0.717, 1.165) is 36.4 Å². The molecule has 116 valence electrons. The van der Waals surface area contributed by atoms with E-state index in [1.807, 2.05) is 36.2 Å². The predicted molar refractivity (Wildman–Crippen MR) is 84.4 cm³/mol. The molecule has 1 saturated carbocycles. The lowest BCUT2D eigenvalue weighted by atomic mass is 9.82. The number of likely N-dealkylation sites (N-methyl/N-ethyl adjacent to an activating group) is 1. The second kappa shape index (κ2) is 7.78. The minimum Gasteiger partial charge on any atom is -0.393 e. The molecule has 1 aliphatic rings. The summed E-state index contributed by atoms with van der Waals surface area (Å²) in [5.74, 6) is 0.573. The van der Waals surface area contributed by atoms with Crippen molar-refractivity contribution in [3.63, 3.8) is 0 Å². The van der Waals surface area contributed by atoms with Crippen LogP contribution >= 0.6 is 11.6 Å². The highest BCUT2D eigenvalue weighted by atomic mass is 35.5. The van der Waals surface area contributed by atoms with E-state index in [0.29, 0.717) is 19.0 Å². The number of hydrogen-bond acceptors (Lipinski definition) is 3. The van der Waals surface area contributed by atoms with Gasteiger partial charge in [-0.05, 0) is 49.9 Å². The van der Waals surface area contributed by atoms with E-state index in [4.69, 9.17) is 11.6 Å². The quantitative estimate of drug-likeness (QED) is 0.806. The summed E-state index contributed by atoms with van der Waals surface area (Å²) >= 11 is 5.92. The number of carbonyl (C=O) groups excluding carboxylic acids is 1. The second-order valence-electron chi connectivity index (χ2n) is 5.92. The van der Waals surface area contributed by atoms with Crippen molar-refractivity contribution >= 4 is 17.5 Å². The van der Waals surface area contributed by atoms with E-state index in [9.17, 15) is 9.90 Å². The molecule has 0 atom stereocenters. The van der Waals surface area contributed by atoms with Crippen LogP contribution in [-0.2, 0) is 11.2 Å². The Kier molecular flexibility index (Phi) is 6.03. The van der Waals surface area contributed by atoms with E-state index < -0.39 is 0 Å². The Bertz CT molecular complexity index is 475. The van der Waals surface area contributed by atoms with Crippen molar-refractivity contribution in [2.24, 2.45) is 5.92 Å². The van der Waals surface area contributed by atoms with E-state index in [2.05, 4.69) is 5.32 Å². The Balaban J connectivity index is 1.61. The van der Waals surface area contributed by atoms with Crippen molar-refractivity contribution in [2.75, 3.05) is 26.7 Å². The van der Waals surface area contributed by atoms with Gasteiger partial charge in [-0.15, -0.1) is 0 Å². The maximum Gasteiger partial charge on any atom is 0.234 e. The number of aliphatic hydroxyl groups is 1. The molecule has 1 amide bonds. The Morgan fingerprint density at radius 1 is 1.48 bits per heavy atom. The number of halogens is 1. The molecule has 1 aromatic carbocycles. The lowest BCUT2D eigenvalue weighted by molar-refractivity contribution is -0.122. The number of nitrogens with zero attached hydrogens (tertiary/aromatic N) is 1. The van der Waals surface area contributed by atoms with Crippen LogP contribution in [0, 0.1) is 5.92 Å². The van der Waals surface area contributed by atoms with Crippen LogP contribution in [0.15, 0.2) is 24.3 Å². The lowest BCUT2D eigenvalue weighted by Crippen LogP contribution is -2.41. The highest BCUT2D eigenvalue weighted by Crippen LogP contribution is 2.27. The maximum atomic E-state index is 11.8. The van der Waals surface area contributed by atoms with Crippen LogP contribution in [0.25, 0.3) is 0 Å². The van der Waals surface area contributed by atoms with Crippen molar-refractivity contribution in [2.45, 2.75) is 25.4 Å². The average Bonchev–Trinajstić information content (AvgIpc) is 2.37. The SMILES string of the molecule is CN(CC(=O)NCCc1cccc(Cl)c1)CC1CC(O)C1. The zero-order valence-corrected chi connectivity index (χ0v) is 13.1. The summed E-state index contributed by atoms with van der Waals surface area (Å²) in [5.41, 5.74) is 1.12. The van der Waals surface area contributed by atoms with Crippen molar-refractivity contribution < 1.29 is 9.90 Å². The molecule has 1 aromatic rings. The lowest BCUT2D eigenvalue weighted by Gasteiger charge is -2.34. The Labute approximate surface area is 131 Å². The van der Waals surface area contributed by atoms with Gasteiger partial charge in [0.2, 0.25) is 5.91 Å². The number of nitrogens with one attached hydrogen (secondary N) is 1. The average molecular weight is 311 g/mol. The molecule has 2 rings (SSSR count). The molecule has 1 aliphatic carbocycles. The first-order valence-corrected chi connectivity index (χ1v) is 7.78. The molecule has 0 heterocycles. The van der Waals surface area contributed by atoms with Crippen LogP contribution in [0.1, 0.15) is 18.4 Å². The smallest absolute Gasteiger partial charge is 0.234 e. The first kappa shape index (κ1) is 16.3. The molecular formula is C16H23ClN2O2. The van der Waals surface area contributed by atoms with E-state index in [1.54, 1.807) is 0 Å².